The van der Waals surface area contributed by atoms with Gasteiger partial charge in [-0.2, -0.15) is 0 Å². The summed E-state index contributed by atoms with van der Waals surface area (Å²) in [6, 6.07) is 0. The van der Waals surface area contributed by atoms with Crippen molar-refractivity contribution in [2.45, 2.75) is 84.0 Å². The number of hydrogen-bond acceptors (Lipinski definition) is 3. The van der Waals surface area contributed by atoms with Crippen LogP contribution in [0, 0.1) is 0 Å². The summed E-state index contributed by atoms with van der Waals surface area (Å²) in [5.74, 6) is -0.0456. The molecule has 0 aromatic carbocycles. The Hall–Kier alpha value is -0.570. The molecule has 0 rings (SSSR count). The number of hydrogen-bond donors (Lipinski definition) is 1. The van der Waals surface area contributed by atoms with Gasteiger partial charge in [-0.15, -0.1) is 0 Å². The molecule has 0 fully saturated rings. The van der Waals surface area contributed by atoms with E-state index in [-0.39, 0.29) is 12.6 Å². The van der Waals surface area contributed by atoms with Crippen molar-refractivity contribution < 1.29 is 14.6 Å². The first-order valence-electron chi connectivity index (χ1n) is 8.07. The topological polar surface area (TPSA) is 46.5 Å². The number of rotatable bonds is 14. The van der Waals surface area contributed by atoms with Crippen LogP contribution in [0.1, 0.15) is 84.0 Å². The highest BCUT2D eigenvalue weighted by atomic mass is 16.5. The van der Waals surface area contributed by atoms with Gasteiger partial charge in [-0.3, -0.25) is 4.79 Å². The summed E-state index contributed by atoms with van der Waals surface area (Å²) in [5.41, 5.74) is 0. The standard InChI is InChI=1S/C16H32O3/c1-2-3-4-5-6-7-10-13-16(18)19-15-12-9-8-11-14-17/h17H,2-15H2,1H3. The average Bonchev–Trinajstić information content (AvgIpc) is 2.41. The minimum atomic E-state index is -0.0456. The summed E-state index contributed by atoms with van der Waals surface area (Å²) >= 11 is 0. The zero-order valence-corrected chi connectivity index (χ0v) is 12.7. The van der Waals surface area contributed by atoms with Crippen LogP contribution < -0.4 is 0 Å². The van der Waals surface area contributed by atoms with E-state index >= 15 is 0 Å². The predicted octanol–water partition coefficient (Wildman–Crippen LogP) is 4.22. The molecule has 0 aliphatic rings. The molecule has 1 N–H and O–H groups in total. The van der Waals surface area contributed by atoms with Gasteiger partial charge < -0.3 is 9.84 Å². The molecule has 0 aliphatic heterocycles. The fourth-order valence-corrected chi connectivity index (χ4v) is 2.05. The van der Waals surface area contributed by atoms with Crippen molar-refractivity contribution in [2.75, 3.05) is 13.2 Å². The van der Waals surface area contributed by atoms with Crippen LogP contribution in [-0.4, -0.2) is 24.3 Å². The van der Waals surface area contributed by atoms with Crippen molar-refractivity contribution in [3.8, 4) is 0 Å². The van der Waals surface area contributed by atoms with E-state index in [1.54, 1.807) is 0 Å². The van der Waals surface area contributed by atoms with E-state index in [1.807, 2.05) is 0 Å². The second kappa shape index (κ2) is 15.5. The molecule has 0 atom stereocenters. The third kappa shape index (κ3) is 15.4. The molecule has 0 amide bonds. The Bertz CT molecular complexity index is 192. The Morgan fingerprint density at radius 3 is 2.11 bits per heavy atom. The minimum absolute atomic E-state index is 0.0456. The average molecular weight is 272 g/mol. The van der Waals surface area contributed by atoms with E-state index in [0.717, 1.165) is 38.5 Å². The second-order valence-corrected chi connectivity index (χ2v) is 5.23. The molecule has 19 heavy (non-hydrogen) atoms. The zero-order chi connectivity index (χ0) is 14.2. The van der Waals surface area contributed by atoms with Crippen LogP contribution in [0.2, 0.25) is 0 Å². The van der Waals surface area contributed by atoms with E-state index in [4.69, 9.17) is 9.84 Å². The molecule has 0 spiro atoms. The van der Waals surface area contributed by atoms with Crippen LogP contribution >= 0.6 is 0 Å². The van der Waals surface area contributed by atoms with Gasteiger partial charge in [0.15, 0.2) is 0 Å². The molecule has 0 aromatic rings. The largest absolute Gasteiger partial charge is 0.466 e. The fraction of sp³-hybridized carbons (Fsp3) is 0.938. The van der Waals surface area contributed by atoms with Crippen LogP contribution in [0.25, 0.3) is 0 Å². The van der Waals surface area contributed by atoms with Gasteiger partial charge in [0.05, 0.1) is 6.61 Å². The van der Waals surface area contributed by atoms with E-state index in [9.17, 15) is 4.79 Å². The lowest BCUT2D eigenvalue weighted by molar-refractivity contribution is -0.143. The van der Waals surface area contributed by atoms with Gasteiger partial charge in [-0.1, -0.05) is 51.9 Å². The van der Waals surface area contributed by atoms with Gasteiger partial charge in [0.1, 0.15) is 0 Å². The molecular formula is C16H32O3. The van der Waals surface area contributed by atoms with Crippen LogP contribution in [0.5, 0.6) is 0 Å². The van der Waals surface area contributed by atoms with Crippen molar-refractivity contribution in [3.05, 3.63) is 0 Å². The van der Waals surface area contributed by atoms with E-state index in [0.29, 0.717) is 13.0 Å². The SMILES string of the molecule is CCCCCCCCCC(=O)OCCCCCCO. The number of ether oxygens (including phenoxy) is 1. The monoisotopic (exact) mass is 272 g/mol. The number of carbonyl (C=O) groups is 1. The smallest absolute Gasteiger partial charge is 0.305 e. The van der Waals surface area contributed by atoms with Crippen molar-refractivity contribution in [3.63, 3.8) is 0 Å². The lowest BCUT2D eigenvalue weighted by atomic mass is 10.1. The summed E-state index contributed by atoms with van der Waals surface area (Å²) in [7, 11) is 0. The normalized spacial score (nSPS) is 10.6. The third-order valence-corrected chi connectivity index (χ3v) is 3.30. The van der Waals surface area contributed by atoms with Gasteiger partial charge in [0.25, 0.3) is 0 Å². The quantitative estimate of drug-likeness (QED) is 0.380. The van der Waals surface area contributed by atoms with Gasteiger partial charge in [0, 0.05) is 13.0 Å². The van der Waals surface area contributed by atoms with Crippen molar-refractivity contribution >= 4 is 5.97 Å². The Kier molecular flexibility index (Phi) is 15.0. The highest BCUT2D eigenvalue weighted by Gasteiger charge is 2.02. The first kappa shape index (κ1) is 18.4. The molecular weight excluding hydrogens is 240 g/mol. The van der Waals surface area contributed by atoms with Gasteiger partial charge in [-0.25, -0.2) is 0 Å². The van der Waals surface area contributed by atoms with Gasteiger partial charge in [-0.05, 0) is 25.7 Å². The second-order valence-electron chi connectivity index (χ2n) is 5.23. The van der Waals surface area contributed by atoms with E-state index in [2.05, 4.69) is 6.92 Å². The number of aliphatic hydroxyl groups excluding tert-OH is 1. The number of unbranched alkanes of at least 4 members (excludes halogenated alkanes) is 9. The Labute approximate surface area is 118 Å². The lowest BCUT2D eigenvalue weighted by Gasteiger charge is -2.05. The third-order valence-electron chi connectivity index (χ3n) is 3.30. The first-order chi connectivity index (χ1) is 9.31. The number of aliphatic hydroxyl groups is 1. The molecule has 0 bridgehead atoms. The highest BCUT2D eigenvalue weighted by Crippen LogP contribution is 2.09. The maximum absolute atomic E-state index is 11.4. The molecule has 114 valence electrons. The van der Waals surface area contributed by atoms with E-state index in [1.165, 1.54) is 32.1 Å². The molecule has 0 heterocycles. The van der Waals surface area contributed by atoms with E-state index < -0.39 is 0 Å². The van der Waals surface area contributed by atoms with Crippen molar-refractivity contribution in [1.29, 1.82) is 0 Å². The molecule has 0 unspecified atom stereocenters. The summed E-state index contributed by atoms with van der Waals surface area (Å²) in [6.07, 6.45) is 13.0. The summed E-state index contributed by atoms with van der Waals surface area (Å²) in [6.45, 7) is 3.03. The molecule has 3 nitrogen and oxygen atoms in total. The predicted molar refractivity (Wildman–Crippen MR) is 79.1 cm³/mol. The minimum Gasteiger partial charge on any atom is -0.466 e. The summed E-state index contributed by atoms with van der Waals surface area (Å²) < 4.78 is 5.17. The van der Waals surface area contributed by atoms with Crippen LogP contribution in [-0.2, 0) is 9.53 Å². The Balaban J connectivity index is 3.13. The maximum Gasteiger partial charge on any atom is 0.305 e. The Morgan fingerprint density at radius 2 is 1.42 bits per heavy atom. The molecule has 0 saturated carbocycles. The van der Waals surface area contributed by atoms with Crippen LogP contribution in [0.3, 0.4) is 0 Å². The van der Waals surface area contributed by atoms with Crippen molar-refractivity contribution in [2.24, 2.45) is 0 Å². The molecule has 0 aliphatic carbocycles. The molecule has 3 heteroatoms. The van der Waals surface area contributed by atoms with Crippen molar-refractivity contribution in [1.82, 2.24) is 0 Å². The Morgan fingerprint density at radius 1 is 0.842 bits per heavy atom. The van der Waals surface area contributed by atoms with Crippen LogP contribution in [0.15, 0.2) is 0 Å². The lowest BCUT2D eigenvalue weighted by Crippen LogP contribution is -2.05. The fourth-order valence-electron chi connectivity index (χ4n) is 2.05. The first-order valence-corrected chi connectivity index (χ1v) is 8.07. The molecule has 0 radical (unpaired) electrons. The maximum atomic E-state index is 11.4. The van der Waals surface area contributed by atoms with Crippen LogP contribution in [0.4, 0.5) is 0 Å². The molecule has 0 saturated heterocycles. The number of carbonyl (C=O) groups excluding carboxylic acids is 1. The number of esters is 1. The molecule has 0 aromatic heterocycles. The zero-order valence-electron chi connectivity index (χ0n) is 12.7. The highest BCUT2D eigenvalue weighted by molar-refractivity contribution is 5.69. The van der Waals surface area contributed by atoms with Gasteiger partial charge in [0.2, 0.25) is 0 Å². The summed E-state index contributed by atoms with van der Waals surface area (Å²) in [4.78, 5) is 11.4. The summed E-state index contributed by atoms with van der Waals surface area (Å²) in [5, 5.41) is 8.61. The van der Waals surface area contributed by atoms with Gasteiger partial charge >= 0.3 is 5.97 Å².